The largest absolute Gasteiger partial charge is 0.466 e. The van der Waals surface area contributed by atoms with Gasteiger partial charge in [0.05, 0.1) is 7.11 Å². The monoisotopic (exact) mass is 269 g/mol. The Morgan fingerprint density at radius 3 is 2.47 bits per heavy atom. The molecule has 5 nitrogen and oxygen atoms in total. The van der Waals surface area contributed by atoms with Gasteiger partial charge in [0.1, 0.15) is 5.60 Å². The van der Waals surface area contributed by atoms with Gasteiger partial charge in [0, 0.05) is 18.7 Å². The molecule has 0 radical (unpaired) electrons. The first kappa shape index (κ1) is 15.5. The lowest BCUT2D eigenvalue weighted by Gasteiger charge is -2.35. The van der Waals surface area contributed by atoms with Gasteiger partial charge < -0.3 is 14.4 Å². The van der Waals surface area contributed by atoms with Gasteiger partial charge in [-0.05, 0) is 40.5 Å². The third kappa shape index (κ3) is 4.93. The summed E-state index contributed by atoms with van der Waals surface area (Å²) in [7, 11) is 1.36. The van der Waals surface area contributed by atoms with E-state index in [4.69, 9.17) is 4.74 Å². The minimum Gasteiger partial charge on any atom is -0.466 e. The summed E-state index contributed by atoms with van der Waals surface area (Å²) in [5, 5.41) is 0. The van der Waals surface area contributed by atoms with Crippen LogP contribution in [-0.2, 0) is 14.3 Å². The molecule has 0 N–H and O–H groups in total. The van der Waals surface area contributed by atoms with E-state index in [0.717, 1.165) is 5.57 Å². The molecule has 1 saturated heterocycles. The van der Waals surface area contributed by atoms with Crippen molar-refractivity contribution in [1.29, 1.82) is 0 Å². The zero-order chi connectivity index (χ0) is 14.6. The number of carbonyl (C=O) groups excluding carboxylic acids is 2. The number of likely N-dealkylation sites (tertiary alicyclic amines) is 1. The molecule has 1 aliphatic heterocycles. The average Bonchev–Trinajstić information content (AvgIpc) is 2.26. The van der Waals surface area contributed by atoms with Crippen molar-refractivity contribution >= 4 is 12.1 Å². The van der Waals surface area contributed by atoms with Crippen LogP contribution in [0.25, 0.3) is 0 Å². The first-order valence-electron chi connectivity index (χ1n) is 6.50. The number of rotatable bonds is 1. The van der Waals surface area contributed by atoms with Crippen LogP contribution in [0.3, 0.4) is 0 Å². The predicted molar refractivity (Wildman–Crippen MR) is 71.7 cm³/mol. The topological polar surface area (TPSA) is 55.8 Å². The van der Waals surface area contributed by atoms with E-state index in [0.29, 0.717) is 19.4 Å². The summed E-state index contributed by atoms with van der Waals surface area (Å²) >= 11 is 0. The second kappa shape index (κ2) is 6.08. The van der Waals surface area contributed by atoms with Gasteiger partial charge >= 0.3 is 12.1 Å². The Morgan fingerprint density at radius 1 is 1.37 bits per heavy atom. The molecule has 1 heterocycles. The second-order valence-corrected chi connectivity index (χ2v) is 5.80. The number of carbonyl (C=O) groups is 2. The maximum Gasteiger partial charge on any atom is 0.410 e. The van der Waals surface area contributed by atoms with Gasteiger partial charge in [-0.2, -0.15) is 0 Å². The molecule has 1 fully saturated rings. The molecule has 1 atom stereocenters. The number of esters is 1. The van der Waals surface area contributed by atoms with Gasteiger partial charge in [-0.1, -0.05) is 5.57 Å². The average molecular weight is 269 g/mol. The molecule has 0 aromatic heterocycles. The number of hydrogen-bond acceptors (Lipinski definition) is 4. The Kier molecular flexibility index (Phi) is 4.97. The molecule has 0 bridgehead atoms. The fraction of sp³-hybridized carbons (Fsp3) is 0.714. The van der Waals surface area contributed by atoms with Crippen molar-refractivity contribution in [3.8, 4) is 0 Å². The van der Waals surface area contributed by atoms with Crippen LogP contribution in [0.2, 0.25) is 0 Å². The molecule has 0 aliphatic carbocycles. The molecule has 1 amide bonds. The Bertz CT molecular complexity index is 381. The highest BCUT2D eigenvalue weighted by Gasteiger charge is 2.29. The normalized spacial score (nSPS) is 22.3. The highest BCUT2D eigenvalue weighted by molar-refractivity contribution is 5.82. The Labute approximate surface area is 114 Å². The van der Waals surface area contributed by atoms with Crippen molar-refractivity contribution in [1.82, 2.24) is 4.90 Å². The lowest BCUT2D eigenvalue weighted by molar-refractivity contribution is -0.134. The lowest BCUT2D eigenvalue weighted by atomic mass is 9.98. The number of hydrogen-bond donors (Lipinski definition) is 0. The molecular formula is C14H23NO4. The van der Waals surface area contributed by atoms with Crippen molar-refractivity contribution in [2.45, 2.75) is 52.2 Å². The molecule has 19 heavy (non-hydrogen) atoms. The van der Waals surface area contributed by atoms with E-state index in [1.165, 1.54) is 13.2 Å². The summed E-state index contributed by atoms with van der Waals surface area (Å²) in [6.07, 6.45) is 2.58. The Morgan fingerprint density at radius 2 is 2.00 bits per heavy atom. The highest BCUT2D eigenvalue weighted by Crippen LogP contribution is 2.24. The van der Waals surface area contributed by atoms with Gasteiger partial charge in [-0.25, -0.2) is 9.59 Å². The van der Waals surface area contributed by atoms with Crippen molar-refractivity contribution in [2.24, 2.45) is 0 Å². The number of amides is 1. The highest BCUT2D eigenvalue weighted by atomic mass is 16.6. The molecule has 0 aromatic carbocycles. The summed E-state index contributed by atoms with van der Waals surface area (Å²) in [4.78, 5) is 24.9. The number of nitrogens with zero attached hydrogens (tertiary/aromatic N) is 1. The van der Waals surface area contributed by atoms with Crippen molar-refractivity contribution in [3.05, 3.63) is 11.6 Å². The van der Waals surface area contributed by atoms with Crippen LogP contribution >= 0.6 is 0 Å². The van der Waals surface area contributed by atoms with Gasteiger partial charge in [0.25, 0.3) is 0 Å². The molecule has 0 unspecified atom stereocenters. The molecule has 5 heteroatoms. The molecule has 0 saturated carbocycles. The molecule has 1 aliphatic rings. The van der Waals surface area contributed by atoms with Crippen molar-refractivity contribution < 1.29 is 19.1 Å². The molecular weight excluding hydrogens is 246 g/mol. The fourth-order valence-corrected chi connectivity index (χ4v) is 2.02. The molecule has 1 rings (SSSR count). The first-order chi connectivity index (χ1) is 8.73. The predicted octanol–water partition coefficient (Wildman–Crippen LogP) is 2.51. The van der Waals surface area contributed by atoms with Crippen molar-refractivity contribution in [2.75, 3.05) is 13.7 Å². The lowest BCUT2D eigenvalue weighted by Crippen LogP contribution is -2.45. The van der Waals surface area contributed by atoms with Gasteiger partial charge in [-0.3, -0.25) is 0 Å². The van der Waals surface area contributed by atoms with Crippen LogP contribution in [0, 0.1) is 0 Å². The smallest absolute Gasteiger partial charge is 0.410 e. The van der Waals surface area contributed by atoms with Gasteiger partial charge in [0.15, 0.2) is 0 Å². The van der Waals surface area contributed by atoms with E-state index >= 15 is 0 Å². The zero-order valence-corrected chi connectivity index (χ0v) is 12.4. The van der Waals surface area contributed by atoms with E-state index in [2.05, 4.69) is 4.74 Å². The first-order valence-corrected chi connectivity index (χ1v) is 6.50. The third-order valence-corrected chi connectivity index (χ3v) is 2.91. The molecule has 108 valence electrons. The molecule has 0 spiro atoms. The van der Waals surface area contributed by atoms with E-state index in [1.807, 2.05) is 27.7 Å². The van der Waals surface area contributed by atoms with E-state index in [-0.39, 0.29) is 18.1 Å². The SMILES string of the molecule is COC(=O)/C=C1/CCN(C(=O)OC(C)(C)C)[C@@H](C)C1. The molecule has 0 aromatic rings. The van der Waals surface area contributed by atoms with Crippen LogP contribution < -0.4 is 0 Å². The maximum atomic E-state index is 12.0. The Hall–Kier alpha value is -1.52. The van der Waals surface area contributed by atoms with Gasteiger partial charge in [-0.15, -0.1) is 0 Å². The number of ether oxygens (including phenoxy) is 2. The van der Waals surface area contributed by atoms with Crippen LogP contribution in [0.15, 0.2) is 11.6 Å². The van der Waals surface area contributed by atoms with E-state index in [9.17, 15) is 9.59 Å². The van der Waals surface area contributed by atoms with Gasteiger partial charge in [0.2, 0.25) is 0 Å². The van der Waals surface area contributed by atoms with E-state index < -0.39 is 5.60 Å². The van der Waals surface area contributed by atoms with Crippen LogP contribution in [0.5, 0.6) is 0 Å². The third-order valence-electron chi connectivity index (χ3n) is 2.91. The van der Waals surface area contributed by atoms with Crippen LogP contribution in [0.1, 0.15) is 40.5 Å². The Balaban J connectivity index is 2.62. The summed E-state index contributed by atoms with van der Waals surface area (Å²) in [5.41, 5.74) is 0.526. The van der Waals surface area contributed by atoms with Crippen LogP contribution in [-0.4, -0.2) is 42.3 Å². The van der Waals surface area contributed by atoms with Crippen LogP contribution in [0.4, 0.5) is 4.79 Å². The summed E-state index contributed by atoms with van der Waals surface area (Å²) in [6, 6.07) is 0.0273. The standard InChI is InChI=1S/C14H23NO4/c1-10-8-11(9-12(16)18-5)6-7-15(10)13(17)19-14(2,3)4/h9-10H,6-8H2,1-5H3/b11-9-/t10-/m0/s1. The zero-order valence-electron chi connectivity index (χ0n) is 12.4. The number of piperidine rings is 1. The van der Waals surface area contributed by atoms with Crippen molar-refractivity contribution in [3.63, 3.8) is 0 Å². The fourth-order valence-electron chi connectivity index (χ4n) is 2.02. The second-order valence-electron chi connectivity index (χ2n) is 5.80. The van der Waals surface area contributed by atoms with E-state index in [1.54, 1.807) is 4.90 Å². The minimum atomic E-state index is -0.487. The summed E-state index contributed by atoms with van der Waals surface area (Å²) < 4.78 is 9.97. The number of methoxy groups -OCH3 is 1. The summed E-state index contributed by atoms with van der Waals surface area (Å²) in [6.45, 7) is 8.07. The summed E-state index contributed by atoms with van der Waals surface area (Å²) in [5.74, 6) is -0.340. The maximum absolute atomic E-state index is 12.0. The quantitative estimate of drug-likeness (QED) is 0.542. The minimum absolute atomic E-state index is 0.0273.